The number of carbonyl (C=O) groups excluding carboxylic acids is 2. The Hall–Kier alpha value is -4.34. The molecule has 0 spiro atoms. The first-order chi connectivity index (χ1) is 16.7. The summed E-state index contributed by atoms with van der Waals surface area (Å²) < 4.78 is 4.92. The summed E-state index contributed by atoms with van der Waals surface area (Å²) in [6.45, 7) is 5.96. The Kier molecular flexibility index (Phi) is 6.46. The summed E-state index contributed by atoms with van der Waals surface area (Å²) in [5, 5.41) is 23.9. The van der Waals surface area contributed by atoms with Gasteiger partial charge in [-0.3, -0.25) is 9.69 Å². The lowest BCUT2D eigenvalue weighted by atomic mass is 10.0. The second kappa shape index (κ2) is 9.49. The number of phenols is 1. The highest BCUT2D eigenvalue weighted by molar-refractivity contribution is 6.07. The SMILES string of the molecule is COC(=O)C1=C(N=Nc2c(O)c(C(=O)NC(C)(C)C)cc3ccccc23)N(c2ncccn2)CC1. The van der Waals surface area contributed by atoms with Crippen LogP contribution in [0.2, 0.25) is 0 Å². The predicted octanol–water partition coefficient (Wildman–Crippen LogP) is 4.24. The van der Waals surface area contributed by atoms with Crippen molar-refractivity contribution in [1.82, 2.24) is 15.3 Å². The molecule has 0 fully saturated rings. The van der Waals surface area contributed by atoms with Crippen LogP contribution in [0.4, 0.5) is 11.6 Å². The van der Waals surface area contributed by atoms with Crippen LogP contribution in [0.25, 0.3) is 10.8 Å². The number of carbonyl (C=O) groups is 2. The van der Waals surface area contributed by atoms with Gasteiger partial charge in [-0.25, -0.2) is 14.8 Å². The van der Waals surface area contributed by atoms with Gasteiger partial charge in [0.1, 0.15) is 5.69 Å². The van der Waals surface area contributed by atoms with Gasteiger partial charge in [0.25, 0.3) is 5.91 Å². The summed E-state index contributed by atoms with van der Waals surface area (Å²) in [6, 6.07) is 10.5. The van der Waals surface area contributed by atoms with Crippen molar-refractivity contribution in [3.8, 4) is 5.75 Å². The molecule has 1 aromatic heterocycles. The van der Waals surface area contributed by atoms with E-state index in [0.717, 1.165) is 0 Å². The van der Waals surface area contributed by atoms with E-state index < -0.39 is 17.4 Å². The first kappa shape index (κ1) is 23.8. The molecule has 0 unspecified atom stereocenters. The minimum absolute atomic E-state index is 0.0735. The van der Waals surface area contributed by atoms with E-state index >= 15 is 0 Å². The smallest absolute Gasteiger partial charge is 0.337 e. The molecule has 2 heterocycles. The fourth-order valence-electron chi connectivity index (χ4n) is 3.76. The maximum atomic E-state index is 12.9. The average Bonchev–Trinajstić information content (AvgIpc) is 3.26. The van der Waals surface area contributed by atoms with Crippen molar-refractivity contribution in [2.24, 2.45) is 10.2 Å². The fourth-order valence-corrected chi connectivity index (χ4v) is 3.76. The third-order valence-electron chi connectivity index (χ3n) is 5.31. The van der Waals surface area contributed by atoms with E-state index in [1.165, 1.54) is 7.11 Å². The summed E-state index contributed by atoms with van der Waals surface area (Å²) >= 11 is 0. The summed E-state index contributed by atoms with van der Waals surface area (Å²) in [6.07, 6.45) is 3.54. The molecule has 3 aromatic rings. The van der Waals surface area contributed by atoms with Crippen molar-refractivity contribution in [3.05, 3.63) is 65.7 Å². The minimum atomic E-state index is -0.537. The van der Waals surface area contributed by atoms with Crippen LogP contribution in [0.5, 0.6) is 5.75 Å². The van der Waals surface area contributed by atoms with Gasteiger partial charge in [-0.2, -0.15) is 0 Å². The highest BCUT2D eigenvalue weighted by Crippen LogP contribution is 2.40. The molecule has 10 nitrogen and oxygen atoms in total. The van der Waals surface area contributed by atoms with Crippen LogP contribution >= 0.6 is 0 Å². The van der Waals surface area contributed by atoms with Gasteiger partial charge in [-0.1, -0.05) is 24.3 Å². The molecule has 180 valence electrons. The Labute approximate surface area is 202 Å². The Balaban J connectivity index is 1.84. The molecule has 10 heteroatoms. The van der Waals surface area contributed by atoms with E-state index in [1.807, 2.05) is 32.9 Å². The number of ether oxygens (including phenoxy) is 1. The number of hydrogen-bond acceptors (Lipinski definition) is 9. The van der Waals surface area contributed by atoms with Crippen LogP contribution in [0.15, 0.2) is 70.4 Å². The van der Waals surface area contributed by atoms with Crippen LogP contribution in [0, 0.1) is 0 Å². The number of aromatic nitrogens is 2. The van der Waals surface area contributed by atoms with Gasteiger partial charge in [0, 0.05) is 36.3 Å². The van der Waals surface area contributed by atoms with Crippen LogP contribution in [0.1, 0.15) is 37.6 Å². The number of methoxy groups -OCH3 is 1. The third kappa shape index (κ3) is 4.96. The normalized spacial score (nSPS) is 14.1. The largest absolute Gasteiger partial charge is 0.505 e. The molecule has 0 bridgehead atoms. The summed E-state index contributed by atoms with van der Waals surface area (Å²) in [7, 11) is 1.29. The number of aromatic hydroxyl groups is 1. The number of nitrogens with zero attached hydrogens (tertiary/aromatic N) is 5. The quantitative estimate of drug-likeness (QED) is 0.418. The van der Waals surface area contributed by atoms with Crippen LogP contribution < -0.4 is 10.2 Å². The molecule has 4 rings (SSSR count). The number of benzene rings is 2. The molecule has 0 radical (unpaired) electrons. The van der Waals surface area contributed by atoms with Gasteiger partial charge >= 0.3 is 5.97 Å². The Morgan fingerprint density at radius 3 is 2.51 bits per heavy atom. The Bertz CT molecular complexity index is 1350. The molecule has 35 heavy (non-hydrogen) atoms. The van der Waals surface area contributed by atoms with Gasteiger partial charge < -0.3 is 15.2 Å². The molecular weight excluding hydrogens is 448 g/mol. The van der Waals surface area contributed by atoms with Crippen molar-refractivity contribution in [1.29, 1.82) is 0 Å². The topological polar surface area (TPSA) is 129 Å². The fraction of sp³-hybridized carbons (Fsp3) is 0.280. The minimum Gasteiger partial charge on any atom is -0.505 e. The standard InChI is InChI=1S/C25H26N6O4/c1-25(2,3)28-22(33)18-14-15-8-5-6-9-16(15)19(20(18)32)29-30-21-17(23(34)35-4)10-13-31(21)24-26-11-7-12-27-24/h5-9,11-12,14,32H,10,13H2,1-4H3,(H,28,33). The third-order valence-corrected chi connectivity index (χ3v) is 5.31. The van der Waals surface area contributed by atoms with Crippen LogP contribution in [-0.4, -0.2) is 46.1 Å². The zero-order valence-electron chi connectivity index (χ0n) is 19.9. The number of fused-ring (bicyclic) bond motifs is 1. The first-order valence-electron chi connectivity index (χ1n) is 11.0. The molecule has 2 N–H and O–H groups in total. The number of phenolic OH excluding ortho intramolecular Hbond substituents is 1. The van der Waals surface area contributed by atoms with E-state index in [1.54, 1.807) is 41.6 Å². The predicted molar refractivity (Wildman–Crippen MR) is 130 cm³/mol. The van der Waals surface area contributed by atoms with Gasteiger partial charge in [0.15, 0.2) is 11.6 Å². The van der Waals surface area contributed by atoms with Crippen molar-refractivity contribution < 1.29 is 19.4 Å². The zero-order valence-corrected chi connectivity index (χ0v) is 19.9. The number of esters is 1. The molecule has 1 aliphatic rings. The molecule has 0 atom stereocenters. The summed E-state index contributed by atoms with van der Waals surface area (Å²) in [5.41, 5.74) is -0.00449. The molecule has 0 saturated heterocycles. The van der Waals surface area contributed by atoms with Crippen molar-refractivity contribution >= 4 is 34.3 Å². The van der Waals surface area contributed by atoms with Gasteiger partial charge in [0.2, 0.25) is 5.95 Å². The number of nitrogens with one attached hydrogen (secondary N) is 1. The highest BCUT2D eigenvalue weighted by Gasteiger charge is 2.31. The van der Waals surface area contributed by atoms with Gasteiger partial charge in [0.05, 0.1) is 18.2 Å². The number of rotatable bonds is 5. The van der Waals surface area contributed by atoms with Crippen LogP contribution in [-0.2, 0) is 9.53 Å². The molecule has 1 aliphatic heterocycles. The number of hydrogen-bond donors (Lipinski definition) is 2. The van der Waals surface area contributed by atoms with E-state index in [9.17, 15) is 14.7 Å². The van der Waals surface area contributed by atoms with Crippen LogP contribution in [0.3, 0.4) is 0 Å². The Morgan fingerprint density at radius 2 is 1.83 bits per heavy atom. The van der Waals surface area contributed by atoms with Crippen molar-refractivity contribution in [2.45, 2.75) is 32.7 Å². The lowest BCUT2D eigenvalue weighted by molar-refractivity contribution is -0.136. The van der Waals surface area contributed by atoms with Crippen molar-refractivity contribution in [3.63, 3.8) is 0 Å². The second-order valence-corrected chi connectivity index (χ2v) is 8.99. The molecule has 2 aromatic carbocycles. The number of azo groups is 1. The second-order valence-electron chi connectivity index (χ2n) is 8.99. The van der Waals surface area contributed by atoms with E-state index in [2.05, 4.69) is 25.5 Å². The maximum absolute atomic E-state index is 12.9. The average molecular weight is 475 g/mol. The van der Waals surface area contributed by atoms with E-state index in [0.29, 0.717) is 35.3 Å². The molecular formula is C25H26N6O4. The van der Waals surface area contributed by atoms with E-state index in [4.69, 9.17) is 4.74 Å². The molecule has 0 saturated carbocycles. The summed E-state index contributed by atoms with van der Waals surface area (Å²) in [5.74, 6) is -0.713. The van der Waals surface area contributed by atoms with E-state index in [-0.39, 0.29) is 22.8 Å². The first-order valence-corrected chi connectivity index (χ1v) is 11.0. The number of anilines is 1. The summed E-state index contributed by atoms with van der Waals surface area (Å²) in [4.78, 5) is 35.5. The molecule has 1 amide bonds. The lowest BCUT2D eigenvalue weighted by Gasteiger charge is -2.21. The Morgan fingerprint density at radius 1 is 1.11 bits per heavy atom. The lowest BCUT2D eigenvalue weighted by Crippen LogP contribution is -2.40. The monoisotopic (exact) mass is 474 g/mol. The maximum Gasteiger partial charge on any atom is 0.337 e. The molecule has 0 aliphatic carbocycles. The highest BCUT2D eigenvalue weighted by atomic mass is 16.5. The van der Waals surface area contributed by atoms with Gasteiger partial charge in [-0.15, -0.1) is 10.2 Å². The number of amides is 1. The van der Waals surface area contributed by atoms with Gasteiger partial charge in [-0.05, 0) is 38.3 Å². The van der Waals surface area contributed by atoms with Crippen molar-refractivity contribution in [2.75, 3.05) is 18.6 Å². The zero-order chi connectivity index (χ0) is 25.2.